The van der Waals surface area contributed by atoms with Gasteiger partial charge in [-0.1, -0.05) is 6.07 Å². The van der Waals surface area contributed by atoms with Crippen LogP contribution < -0.4 is 25.1 Å². The number of methoxy groups -OCH3 is 2. The molecule has 5 aromatic rings. The average Bonchev–Trinajstić information content (AvgIpc) is 3.29. The number of benzene rings is 3. The van der Waals surface area contributed by atoms with Crippen LogP contribution in [0.2, 0.25) is 0 Å². The van der Waals surface area contributed by atoms with Crippen LogP contribution in [-0.2, 0) is 13.0 Å². The van der Waals surface area contributed by atoms with Crippen molar-refractivity contribution in [3.63, 3.8) is 0 Å². The maximum atomic E-state index is 15.2. The van der Waals surface area contributed by atoms with Gasteiger partial charge in [0.05, 0.1) is 36.5 Å². The first-order valence-corrected chi connectivity index (χ1v) is 13.1. The summed E-state index contributed by atoms with van der Waals surface area (Å²) in [6, 6.07) is 12.8. The van der Waals surface area contributed by atoms with Crippen LogP contribution >= 0.6 is 0 Å². The number of carbonyl (C=O) groups is 1. The van der Waals surface area contributed by atoms with Crippen LogP contribution in [0.4, 0.5) is 14.5 Å². The first kappa shape index (κ1) is 26.9. The van der Waals surface area contributed by atoms with Gasteiger partial charge in [0.2, 0.25) is 5.88 Å². The lowest BCUT2D eigenvalue weighted by atomic mass is 10.1. The molecule has 12 heteroatoms. The molecule has 42 heavy (non-hydrogen) atoms. The standard InChI is InChI=1S/C30H25F2N5O5/c1-40-25-14-20-22(15-26(25)41-2)33-16-34-29(20)42-24-10-9-18(13-21(24)32)35-28(38)27-23-8-3-4-11-36(23)37(30(27)39)19-7-5-6-17(31)12-19/h5-7,9-10,12-16H,3-4,8,11H2,1-2H3,(H,35,38). The molecule has 1 N–H and O–H groups in total. The predicted molar refractivity (Wildman–Crippen MR) is 150 cm³/mol. The molecule has 1 aliphatic heterocycles. The monoisotopic (exact) mass is 573 g/mol. The lowest BCUT2D eigenvalue weighted by Gasteiger charge is -2.19. The fourth-order valence-electron chi connectivity index (χ4n) is 5.12. The maximum Gasteiger partial charge on any atom is 0.284 e. The third-order valence-corrected chi connectivity index (χ3v) is 7.06. The molecule has 214 valence electrons. The van der Waals surface area contributed by atoms with Gasteiger partial charge < -0.3 is 19.5 Å². The minimum Gasteiger partial charge on any atom is -0.493 e. The summed E-state index contributed by atoms with van der Waals surface area (Å²) >= 11 is 0. The quantitative estimate of drug-likeness (QED) is 0.283. The van der Waals surface area contributed by atoms with Crippen LogP contribution in [-0.4, -0.2) is 39.5 Å². The number of hydrogen-bond donors (Lipinski definition) is 1. The molecule has 1 amide bonds. The van der Waals surface area contributed by atoms with Crippen molar-refractivity contribution in [2.45, 2.75) is 25.8 Å². The van der Waals surface area contributed by atoms with Crippen molar-refractivity contribution in [3.05, 3.63) is 94.2 Å². The lowest BCUT2D eigenvalue weighted by molar-refractivity contribution is 0.102. The summed E-state index contributed by atoms with van der Waals surface area (Å²) < 4.78 is 48.6. The van der Waals surface area contributed by atoms with Crippen LogP contribution in [0.25, 0.3) is 16.6 Å². The molecule has 0 atom stereocenters. The van der Waals surface area contributed by atoms with E-state index in [0.717, 1.165) is 18.9 Å². The number of nitrogens with zero attached hydrogens (tertiary/aromatic N) is 4. The molecule has 6 rings (SSSR count). The minimum atomic E-state index is -0.767. The molecule has 0 spiro atoms. The zero-order valence-electron chi connectivity index (χ0n) is 22.7. The first-order valence-electron chi connectivity index (χ1n) is 13.1. The minimum absolute atomic E-state index is 0.0588. The number of rotatable bonds is 7. The summed E-state index contributed by atoms with van der Waals surface area (Å²) in [7, 11) is 2.99. The SMILES string of the molecule is COc1cc2ncnc(Oc3ccc(NC(=O)c4c5n(n(-c6cccc(F)c6)c4=O)CCCC5)cc3F)c2cc1OC. The highest BCUT2D eigenvalue weighted by Crippen LogP contribution is 2.36. The van der Waals surface area contributed by atoms with Crippen molar-refractivity contribution in [1.29, 1.82) is 0 Å². The van der Waals surface area contributed by atoms with E-state index >= 15 is 4.39 Å². The summed E-state index contributed by atoms with van der Waals surface area (Å²) in [5.41, 5.74) is 0.867. The molecular formula is C30H25F2N5O5. The number of carbonyl (C=O) groups excluding carboxylic acids is 1. The molecule has 10 nitrogen and oxygen atoms in total. The number of ether oxygens (including phenoxy) is 3. The summed E-state index contributed by atoms with van der Waals surface area (Å²) in [5, 5.41) is 3.10. The predicted octanol–water partition coefficient (Wildman–Crippen LogP) is 5.26. The number of fused-ring (bicyclic) bond motifs is 2. The second-order valence-electron chi connectivity index (χ2n) is 9.60. The van der Waals surface area contributed by atoms with Crippen molar-refractivity contribution < 1.29 is 27.8 Å². The lowest BCUT2D eigenvalue weighted by Crippen LogP contribution is -2.26. The highest BCUT2D eigenvalue weighted by molar-refractivity contribution is 6.05. The third-order valence-electron chi connectivity index (χ3n) is 7.06. The summed E-state index contributed by atoms with van der Waals surface area (Å²) in [6.45, 7) is 0.505. The normalized spacial score (nSPS) is 12.6. The van der Waals surface area contributed by atoms with Crippen molar-refractivity contribution in [2.75, 3.05) is 19.5 Å². The number of hydrogen-bond acceptors (Lipinski definition) is 7. The van der Waals surface area contributed by atoms with E-state index in [1.165, 1.54) is 55.6 Å². The van der Waals surface area contributed by atoms with Gasteiger partial charge in [-0.05, 0) is 55.7 Å². The molecule has 0 saturated heterocycles. The van der Waals surface area contributed by atoms with Gasteiger partial charge in [-0.25, -0.2) is 23.4 Å². The van der Waals surface area contributed by atoms with Crippen molar-refractivity contribution in [3.8, 4) is 28.8 Å². The molecule has 0 bridgehead atoms. The molecule has 0 radical (unpaired) electrons. The van der Waals surface area contributed by atoms with E-state index in [0.29, 0.717) is 46.7 Å². The van der Waals surface area contributed by atoms with Crippen LogP contribution in [0, 0.1) is 11.6 Å². The van der Waals surface area contributed by atoms with Gasteiger partial charge >= 0.3 is 0 Å². The number of anilines is 1. The van der Waals surface area contributed by atoms with Gasteiger partial charge in [0.1, 0.15) is 17.7 Å². The zero-order valence-corrected chi connectivity index (χ0v) is 22.7. The van der Waals surface area contributed by atoms with Gasteiger partial charge in [-0.3, -0.25) is 14.3 Å². The van der Waals surface area contributed by atoms with E-state index in [1.807, 2.05) is 0 Å². The Morgan fingerprint density at radius 2 is 1.76 bits per heavy atom. The van der Waals surface area contributed by atoms with Gasteiger partial charge in [-0.15, -0.1) is 0 Å². The van der Waals surface area contributed by atoms with Gasteiger partial charge in [-0.2, -0.15) is 0 Å². The summed E-state index contributed by atoms with van der Waals surface area (Å²) in [4.78, 5) is 35.2. The number of amides is 1. The Balaban J connectivity index is 1.29. The van der Waals surface area contributed by atoms with Gasteiger partial charge in [0, 0.05) is 24.4 Å². The fraction of sp³-hybridized carbons (Fsp3) is 0.200. The van der Waals surface area contributed by atoms with Crippen molar-refractivity contribution in [1.82, 2.24) is 19.3 Å². The maximum absolute atomic E-state index is 15.2. The topological polar surface area (TPSA) is 110 Å². The van der Waals surface area contributed by atoms with Gasteiger partial charge in [0.25, 0.3) is 11.5 Å². The van der Waals surface area contributed by atoms with E-state index in [2.05, 4.69) is 15.3 Å². The molecule has 2 aromatic heterocycles. The molecule has 3 aromatic carbocycles. The fourth-order valence-corrected chi connectivity index (χ4v) is 5.12. The molecular weight excluding hydrogens is 548 g/mol. The number of nitrogens with one attached hydrogen (secondary N) is 1. The van der Waals surface area contributed by atoms with E-state index in [1.54, 1.807) is 22.9 Å². The number of aromatic nitrogens is 4. The van der Waals surface area contributed by atoms with E-state index in [4.69, 9.17) is 14.2 Å². The van der Waals surface area contributed by atoms with Crippen LogP contribution in [0.3, 0.4) is 0 Å². The van der Waals surface area contributed by atoms with Crippen LogP contribution in [0.5, 0.6) is 23.1 Å². The Hall–Kier alpha value is -5.26. The molecule has 3 heterocycles. The first-order chi connectivity index (χ1) is 20.4. The van der Waals surface area contributed by atoms with E-state index < -0.39 is 23.1 Å². The molecule has 0 saturated carbocycles. The Kier molecular flexibility index (Phi) is 7.03. The van der Waals surface area contributed by atoms with E-state index in [-0.39, 0.29) is 22.9 Å². The summed E-state index contributed by atoms with van der Waals surface area (Å²) in [5.74, 6) is -1.11. The Morgan fingerprint density at radius 3 is 2.52 bits per heavy atom. The summed E-state index contributed by atoms with van der Waals surface area (Å²) in [6.07, 6.45) is 3.40. The molecule has 0 aliphatic carbocycles. The van der Waals surface area contributed by atoms with Gasteiger partial charge in [0.15, 0.2) is 23.1 Å². The Labute approximate surface area is 238 Å². The van der Waals surface area contributed by atoms with Crippen molar-refractivity contribution in [2.24, 2.45) is 0 Å². The van der Waals surface area contributed by atoms with Crippen molar-refractivity contribution >= 4 is 22.5 Å². The molecule has 0 unspecified atom stereocenters. The largest absolute Gasteiger partial charge is 0.493 e. The highest BCUT2D eigenvalue weighted by atomic mass is 19.1. The van der Waals surface area contributed by atoms with Crippen LogP contribution in [0.1, 0.15) is 28.9 Å². The number of halogens is 2. The average molecular weight is 574 g/mol. The second kappa shape index (κ2) is 11.0. The Bertz CT molecular complexity index is 1900. The highest BCUT2D eigenvalue weighted by Gasteiger charge is 2.28. The molecule has 0 fully saturated rings. The zero-order chi connectivity index (χ0) is 29.4. The second-order valence-corrected chi connectivity index (χ2v) is 9.60. The van der Waals surface area contributed by atoms with Crippen LogP contribution in [0.15, 0.2) is 65.7 Å². The molecule has 1 aliphatic rings. The Morgan fingerprint density at radius 1 is 0.952 bits per heavy atom. The smallest absolute Gasteiger partial charge is 0.284 e. The van der Waals surface area contributed by atoms with E-state index in [9.17, 15) is 14.0 Å². The third kappa shape index (κ3) is 4.80.